The summed E-state index contributed by atoms with van der Waals surface area (Å²) >= 11 is 3.47. The second kappa shape index (κ2) is 6.68. The zero-order valence-corrected chi connectivity index (χ0v) is 13.5. The number of halogens is 2. The monoisotopic (exact) mass is 342 g/mol. The Kier molecular flexibility index (Phi) is 5.16. The molecule has 5 heteroatoms. The zero-order chi connectivity index (χ0) is 14.7. The minimum atomic E-state index is -0.200. The largest absolute Gasteiger partial charge is 0.343 e. The number of hydrogen-bond acceptors (Lipinski definition) is 2. The number of carbonyl (C=O) groups is 1. The fourth-order valence-corrected chi connectivity index (χ4v) is 3.00. The standard InChI is InChI=1S/C15H20BrFN2O/c1-11(20)18(2)14-5-7-19(8-6-14)10-12-9-13(17)3-4-15(12)16/h3-4,9,14H,5-8,10H2,1-2H3. The third-order valence-corrected chi connectivity index (χ3v) is 4.78. The maximum absolute atomic E-state index is 13.3. The minimum Gasteiger partial charge on any atom is -0.343 e. The first-order valence-electron chi connectivity index (χ1n) is 6.87. The van der Waals surface area contributed by atoms with Gasteiger partial charge in [0.05, 0.1) is 0 Å². The number of carbonyl (C=O) groups excluding carboxylic acids is 1. The average Bonchev–Trinajstić information content (AvgIpc) is 2.43. The van der Waals surface area contributed by atoms with Crippen molar-refractivity contribution in [2.45, 2.75) is 32.4 Å². The molecule has 0 aromatic heterocycles. The van der Waals surface area contributed by atoms with E-state index in [2.05, 4.69) is 20.8 Å². The summed E-state index contributed by atoms with van der Waals surface area (Å²) in [6.45, 7) is 4.22. The van der Waals surface area contributed by atoms with Crippen LogP contribution < -0.4 is 0 Å². The van der Waals surface area contributed by atoms with Crippen molar-refractivity contribution in [3.63, 3.8) is 0 Å². The van der Waals surface area contributed by atoms with Crippen LogP contribution in [0.2, 0.25) is 0 Å². The molecule has 0 radical (unpaired) electrons. The van der Waals surface area contributed by atoms with E-state index >= 15 is 0 Å². The van der Waals surface area contributed by atoms with Gasteiger partial charge in [0.15, 0.2) is 0 Å². The van der Waals surface area contributed by atoms with Crippen LogP contribution in [0.25, 0.3) is 0 Å². The zero-order valence-electron chi connectivity index (χ0n) is 11.9. The number of piperidine rings is 1. The summed E-state index contributed by atoms with van der Waals surface area (Å²) in [5.74, 6) is -0.0780. The molecule has 0 spiro atoms. The highest BCUT2D eigenvalue weighted by Crippen LogP contribution is 2.22. The lowest BCUT2D eigenvalue weighted by Crippen LogP contribution is -2.44. The van der Waals surface area contributed by atoms with Gasteiger partial charge in [-0.2, -0.15) is 0 Å². The van der Waals surface area contributed by atoms with Crippen LogP contribution in [-0.4, -0.2) is 41.9 Å². The highest BCUT2D eigenvalue weighted by Gasteiger charge is 2.24. The van der Waals surface area contributed by atoms with E-state index in [4.69, 9.17) is 0 Å². The van der Waals surface area contributed by atoms with Gasteiger partial charge < -0.3 is 4.90 Å². The van der Waals surface area contributed by atoms with Gasteiger partial charge in [0.2, 0.25) is 5.91 Å². The van der Waals surface area contributed by atoms with Gasteiger partial charge in [-0.25, -0.2) is 4.39 Å². The first kappa shape index (κ1) is 15.4. The lowest BCUT2D eigenvalue weighted by atomic mass is 10.0. The van der Waals surface area contributed by atoms with Crippen LogP contribution in [0.3, 0.4) is 0 Å². The van der Waals surface area contributed by atoms with Crippen molar-refractivity contribution in [1.82, 2.24) is 9.80 Å². The fourth-order valence-electron chi connectivity index (χ4n) is 2.63. The van der Waals surface area contributed by atoms with Crippen LogP contribution in [0, 0.1) is 5.82 Å². The highest BCUT2D eigenvalue weighted by molar-refractivity contribution is 9.10. The fraction of sp³-hybridized carbons (Fsp3) is 0.533. The maximum Gasteiger partial charge on any atom is 0.219 e. The van der Waals surface area contributed by atoms with Crippen molar-refractivity contribution in [1.29, 1.82) is 0 Å². The Morgan fingerprint density at radius 3 is 2.70 bits per heavy atom. The van der Waals surface area contributed by atoms with Crippen LogP contribution in [0.15, 0.2) is 22.7 Å². The number of benzene rings is 1. The van der Waals surface area contributed by atoms with E-state index in [0.29, 0.717) is 6.04 Å². The summed E-state index contributed by atoms with van der Waals surface area (Å²) in [6.07, 6.45) is 1.95. The van der Waals surface area contributed by atoms with E-state index in [1.54, 1.807) is 19.1 Å². The van der Waals surface area contributed by atoms with Crippen molar-refractivity contribution in [2.24, 2.45) is 0 Å². The molecule has 0 saturated carbocycles. The van der Waals surface area contributed by atoms with Crippen LogP contribution in [0.5, 0.6) is 0 Å². The van der Waals surface area contributed by atoms with Gasteiger partial charge in [-0.3, -0.25) is 9.69 Å². The molecule has 0 aliphatic carbocycles. The molecule has 1 fully saturated rings. The number of hydrogen-bond donors (Lipinski definition) is 0. The van der Waals surface area contributed by atoms with Crippen molar-refractivity contribution < 1.29 is 9.18 Å². The molecule has 1 aromatic rings. The molecule has 1 aromatic carbocycles. The molecule has 3 nitrogen and oxygen atoms in total. The molecule has 0 atom stereocenters. The topological polar surface area (TPSA) is 23.6 Å². The molecule has 110 valence electrons. The van der Waals surface area contributed by atoms with Gasteiger partial charge in [0.1, 0.15) is 5.82 Å². The van der Waals surface area contributed by atoms with Gasteiger partial charge in [-0.1, -0.05) is 15.9 Å². The van der Waals surface area contributed by atoms with Gasteiger partial charge in [0.25, 0.3) is 0 Å². The van der Waals surface area contributed by atoms with Crippen LogP contribution in [0.1, 0.15) is 25.3 Å². The van der Waals surface area contributed by atoms with E-state index in [9.17, 15) is 9.18 Å². The Hall–Kier alpha value is -0.940. The SMILES string of the molecule is CC(=O)N(C)C1CCN(Cc2cc(F)ccc2Br)CC1. The van der Waals surface area contributed by atoms with Crippen molar-refractivity contribution in [2.75, 3.05) is 20.1 Å². The van der Waals surface area contributed by atoms with Crippen molar-refractivity contribution >= 4 is 21.8 Å². The van der Waals surface area contributed by atoms with E-state index in [-0.39, 0.29) is 11.7 Å². The second-order valence-corrected chi connectivity index (χ2v) is 6.23. The third-order valence-electron chi connectivity index (χ3n) is 4.00. The van der Waals surface area contributed by atoms with E-state index < -0.39 is 0 Å². The normalized spacial score (nSPS) is 17.2. The van der Waals surface area contributed by atoms with Gasteiger partial charge in [-0.05, 0) is 36.6 Å². The first-order valence-corrected chi connectivity index (χ1v) is 7.66. The Bertz CT molecular complexity index is 487. The quantitative estimate of drug-likeness (QED) is 0.842. The van der Waals surface area contributed by atoms with Crippen LogP contribution in [-0.2, 0) is 11.3 Å². The molecule has 1 heterocycles. The summed E-state index contributed by atoms with van der Waals surface area (Å²) < 4.78 is 14.2. The number of likely N-dealkylation sites (tertiary alicyclic amines) is 1. The lowest BCUT2D eigenvalue weighted by Gasteiger charge is -2.36. The summed E-state index contributed by atoms with van der Waals surface area (Å²) in [5, 5.41) is 0. The molecule has 1 amide bonds. The van der Waals surface area contributed by atoms with E-state index in [1.165, 1.54) is 6.07 Å². The van der Waals surface area contributed by atoms with Crippen molar-refractivity contribution in [3.05, 3.63) is 34.1 Å². The molecule has 0 unspecified atom stereocenters. The smallest absolute Gasteiger partial charge is 0.219 e. The summed E-state index contributed by atoms with van der Waals surface area (Å²) in [4.78, 5) is 15.5. The lowest BCUT2D eigenvalue weighted by molar-refractivity contribution is -0.130. The average molecular weight is 343 g/mol. The summed E-state index contributed by atoms with van der Waals surface area (Å²) in [7, 11) is 1.87. The molecule has 20 heavy (non-hydrogen) atoms. The molecule has 1 aliphatic rings. The molecule has 2 rings (SSSR count). The molecule has 0 N–H and O–H groups in total. The molecule has 0 bridgehead atoms. The Balaban J connectivity index is 1.91. The van der Waals surface area contributed by atoms with Gasteiger partial charge in [0, 0.05) is 44.1 Å². The Morgan fingerprint density at radius 1 is 1.45 bits per heavy atom. The Labute approximate surface area is 127 Å². The van der Waals surface area contributed by atoms with E-state index in [0.717, 1.165) is 42.5 Å². The molecule has 1 aliphatic heterocycles. The highest BCUT2D eigenvalue weighted by atomic mass is 79.9. The molecule has 1 saturated heterocycles. The number of amides is 1. The summed E-state index contributed by atoms with van der Waals surface area (Å²) in [6, 6.07) is 5.13. The van der Waals surface area contributed by atoms with Crippen molar-refractivity contribution in [3.8, 4) is 0 Å². The summed E-state index contributed by atoms with van der Waals surface area (Å²) in [5.41, 5.74) is 0.975. The Morgan fingerprint density at radius 2 is 2.10 bits per heavy atom. The molecular weight excluding hydrogens is 323 g/mol. The second-order valence-electron chi connectivity index (χ2n) is 5.37. The van der Waals surface area contributed by atoms with Crippen LogP contribution in [0.4, 0.5) is 4.39 Å². The maximum atomic E-state index is 13.3. The molecular formula is C15H20BrFN2O. The number of rotatable bonds is 3. The predicted octanol–water partition coefficient (Wildman–Crippen LogP) is 3.03. The van der Waals surface area contributed by atoms with E-state index in [1.807, 2.05) is 11.9 Å². The first-order chi connectivity index (χ1) is 9.47. The predicted molar refractivity (Wildman–Crippen MR) is 80.8 cm³/mol. The van der Waals surface area contributed by atoms with Gasteiger partial charge in [-0.15, -0.1) is 0 Å². The minimum absolute atomic E-state index is 0.122. The van der Waals surface area contributed by atoms with Crippen LogP contribution >= 0.6 is 15.9 Å². The van der Waals surface area contributed by atoms with Gasteiger partial charge >= 0.3 is 0 Å². The number of nitrogens with zero attached hydrogens (tertiary/aromatic N) is 2. The third kappa shape index (κ3) is 3.79.